The summed E-state index contributed by atoms with van der Waals surface area (Å²) in [6, 6.07) is 10.4. The van der Waals surface area contributed by atoms with Crippen LogP contribution in [0.1, 0.15) is 0 Å². The standard InChI is InChI=1S/C12H7Cl2N3O3S/c13-8-4-6-9(7-5-8)21(18,19)20-17-11-3-1-2-10(14)12(11)15-16-17/h1-7H. The molecule has 0 atom stereocenters. The number of aromatic nitrogens is 3. The fourth-order valence-electron chi connectivity index (χ4n) is 1.68. The van der Waals surface area contributed by atoms with Crippen LogP contribution in [0.5, 0.6) is 0 Å². The van der Waals surface area contributed by atoms with E-state index in [9.17, 15) is 8.42 Å². The van der Waals surface area contributed by atoms with Gasteiger partial charge in [0.2, 0.25) is 0 Å². The highest BCUT2D eigenvalue weighted by Gasteiger charge is 2.19. The van der Waals surface area contributed by atoms with Gasteiger partial charge in [0.05, 0.1) is 5.02 Å². The first-order valence-electron chi connectivity index (χ1n) is 5.68. The van der Waals surface area contributed by atoms with E-state index in [2.05, 4.69) is 10.3 Å². The molecule has 0 radical (unpaired) electrons. The first-order valence-corrected chi connectivity index (χ1v) is 7.84. The van der Waals surface area contributed by atoms with Crippen molar-refractivity contribution in [2.45, 2.75) is 4.90 Å². The van der Waals surface area contributed by atoms with Gasteiger partial charge in [-0.05, 0) is 41.6 Å². The van der Waals surface area contributed by atoms with Crippen LogP contribution in [-0.2, 0) is 10.1 Å². The van der Waals surface area contributed by atoms with Crippen LogP contribution < -0.4 is 4.28 Å². The number of benzene rings is 2. The highest BCUT2D eigenvalue weighted by Crippen LogP contribution is 2.21. The lowest BCUT2D eigenvalue weighted by Crippen LogP contribution is -2.21. The molecule has 0 spiro atoms. The van der Waals surface area contributed by atoms with Crippen molar-refractivity contribution in [2.75, 3.05) is 0 Å². The molecule has 0 amide bonds. The van der Waals surface area contributed by atoms with Crippen LogP contribution in [0, 0.1) is 0 Å². The molecule has 0 aliphatic carbocycles. The Bertz CT molecular complexity index is 907. The van der Waals surface area contributed by atoms with Crippen molar-refractivity contribution in [3.05, 3.63) is 52.5 Å². The van der Waals surface area contributed by atoms with Gasteiger partial charge in [0.1, 0.15) is 15.9 Å². The maximum absolute atomic E-state index is 12.2. The fraction of sp³-hybridized carbons (Fsp3) is 0. The Morgan fingerprint density at radius 3 is 2.48 bits per heavy atom. The molecule has 1 aromatic heterocycles. The first-order chi connectivity index (χ1) is 9.97. The minimum atomic E-state index is -4.05. The van der Waals surface area contributed by atoms with Gasteiger partial charge in [0.25, 0.3) is 0 Å². The van der Waals surface area contributed by atoms with Crippen LogP contribution in [0.3, 0.4) is 0 Å². The van der Waals surface area contributed by atoms with Crippen molar-refractivity contribution in [2.24, 2.45) is 0 Å². The fourth-order valence-corrected chi connectivity index (χ4v) is 2.87. The van der Waals surface area contributed by atoms with Crippen LogP contribution >= 0.6 is 23.2 Å². The van der Waals surface area contributed by atoms with Gasteiger partial charge in [-0.15, -0.1) is 5.10 Å². The summed E-state index contributed by atoms with van der Waals surface area (Å²) in [4.78, 5) is 0.767. The second-order valence-corrected chi connectivity index (χ2v) is 6.42. The van der Waals surface area contributed by atoms with E-state index in [-0.39, 0.29) is 4.90 Å². The number of halogens is 2. The molecule has 9 heteroatoms. The van der Waals surface area contributed by atoms with Crippen LogP contribution in [0.25, 0.3) is 11.0 Å². The molecule has 0 aliphatic rings. The topological polar surface area (TPSA) is 74.1 Å². The lowest BCUT2D eigenvalue weighted by molar-refractivity contribution is 0.245. The highest BCUT2D eigenvalue weighted by atomic mass is 35.5. The molecule has 0 unspecified atom stereocenters. The average molecular weight is 344 g/mol. The van der Waals surface area contributed by atoms with Gasteiger partial charge in [0.15, 0.2) is 0 Å². The zero-order valence-corrected chi connectivity index (χ0v) is 12.6. The van der Waals surface area contributed by atoms with E-state index in [1.807, 2.05) is 0 Å². The molecule has 0 aliphatic heterocycles. The summed E-state index contributed by atoms with van der Waals surface area (Å²) in [5, 5.41) is 8.20. The second kappa shape index (κ2) is 5.18. The van der Waals surface area contributed by atoms with Crippen molar-refractivity contribution >= 4 is 44.4 Å². The Morgan fingerprint density at radius 2 is 1.76 bits per heavy atom. The van der Waals surface area contributed by atoms with Crippen molar-refractivity contribution < 1.29 is 12.7 Å². The monoisotopic (exact) mass is 343 g/mol. The Labute approximate surface area is 129 Å². The molecule has 0 bridgehead atoms. The van der Waals surface area contributed by atoms with Gasteiger partial charge in [-0.3, -0.25) is 4.28 Å². The van der Waals surface area contributed by atoms with Gasteiger partial charge in [0, 0.05) is 5.02 Å². The lowest BCUT2D eigenvalue weighted by atomic mass is 10.3. The molecule has 3 rings (SSSR count). The van der Waals surface area contributed by atoms with Gasteiger partial charge in [-0.1, -0.05) is 34.1 Å². The zero-order chi connectivity index (χ0) is 15.0. The maximum atomic E-state index is 12.2. The third-order valence-electron chi connectivity index (χ3n) is 2.67. The molecule has 6 nitrogen and oxygen atoms in total. The van der Waals surface area contributed by atoms with Gasteiger partial charge < -0.3 is 0 Å². The number of hydrogen-bond acceptors (Lipinski definition) is 5. The molecule has 2 aromatic carbocycles. The van der Waals surface area contributed by atoms with Crippen LogP contribution in [0.15, 0.2) is 47.4 Å². The highest BCUT2D eigenvalue weighted by molar-refractivity contribution is 7.87. The van der Waals surface area contributed by atoms with E-state index in [1.165, 1.54) is 24.3 Å². The largest absolute Gasteiger partial charge is 0.358 e. The first kappa shape index (κ1) is 14.1. The van der Waals surface area contributed by atoms with E-state index >= 15 is 0 Å². The number of nitrogens with zero attached hydrogens (tertiary/aromatic N) is 3. The molecule has 0 N–H and O–H groups in total. The molecular weight excluding hydrogens is 337 g/mol. The molecule has 0 saturated heterocycles. The Balaban J connectivity index is 2.01. The maximum Gasteiger partial charge on any atom is 0.358 e. The number of fused-ring (bicyclic) bond motifs is 1. The third-order valence-corrected chi connectivity index (χ3v) is 4.41. The normalized spacial score (nSPS) is 11.7. The molecule has 21 heavy (non-hydrogen) atoms. The average Bonchev–Trinajstić information content (AvgIpc) is 2.83. The van der Waals surface area contributed by atoms with E-state index in [0.717, 1.165) is 4.85 Å². The summed E-state index contributed by atoms with van der Waals surface area (Å²) >= 11 is 11.7. The smallest absolute Gasteiger partial charge is 0.264 e. The minimum Gasteiger partial charge on any atom is -0.264 e. The van der Waals surface area contributed by atoms with E-state index < -0.39 is 10.1 Å². The van der Waals surface area contributed by atoms with E-state index in [4.69, 9.17) is 27.5 Å². The molecule has 108 valence electrons. The summed E-state index contributed by atoms with van der Waals surface area (Å²) in [5.41, 5.74) is 0.700. The minimum absolute atomic E-state index is 0.0439. The lowest BCUT2D eigenvalue weighted by Gasteiger charge is -2.05. The second-order valence-electron chi connectivity index (χ2n) is 4.05. The van der Waals surface area contributed by atoms with Crippen molar-refractivity contribution in [3.63, 3.8) is 0 Å². The van der Waals surface area contributed by atoms with Crippen LogP contribution in [0.2, 0.25) is 10.0 Å². The van der Waals surface area contributed by atoms with Crippen molar-refractivity contribution in [1.29, 1.82) is 0 Å². The summed E-state index contributed by atoms with van der Waals surface area (Å²) in [5.74, 6) is 0. The van der Waals surface area contributed by atoms with Gasteiger partial charge in [-0.2, -0.15) is 8.42 Å². The molecule has 0 saturated carbocycles. The molecule has 0 fully saturated rings. The van der Waals surface area contributed by atoms with E-state index in [1.54, 1.807) is 18.2 Å². The Morgan fingerprint density at radius 1 is 1.05 bits per heavy atom. The van der Waals surface area contributed by atoms with Crippen LogP contribution in [0.4, 0.5) is 0 Å². The summed E-state index contributed by atoms with van der Waals surface area (Å²) in [7, 11) is -4.05. The molecule has 1 heterocycles. The summed E-state index contributed by atoms with van der Waals surface area (Å²) < 4.78 is 29.3. The van der Waals surface area contributed by atoms with Crippen LogP contribution in [-0.4, -0.2) is 23.6 Å². The van der Waals surface area contributed by atoms with Gasteiger partial charge in [-0.25, -0.2) is 0 Å². The third kappa shape index (κ3) is 2.67. The van der Waals surface area contributed by atoms with Crippen molar-refractivity contribution in [1.82, 2.24) is 15.2 Å². The Kier molecular flexibility index (Phi) is 3.48. The van der Waals surface area contributed by atoms with Gasteiger partial charge >= 0.3 is 10.1 Å². The van der Waals surface area contributed by atoms with E-state index in [0.29, 0.717) is 21.1 Å². The molecule has 3 aromatic rings. The molecular formula is C12H7Cl2N3O3S. The summed E-state index contributed by atoms with van der Waals surface area (Å²) in [6.45, 7) is 0. The number of hydrogen-bond donors (Lipinski definition) is 0. The predicted octanol–water partition coefficient (Wildman–Crippen LogP) is 2.56. The van der Waals surface area contributed by atoms with Crippen molar-refractivity contribution in [3.8, 4) is 0 Å². The SMILES string of the molecule is O=S(=O)(On1nnc2c(Cl)cccc21)c1ccc(Cl)cc1. The summed E-state index contributed by atoms with van der Waals surface area (Å²) in [6.07, 6.45) is 0. The Hall–Kier alpha value is -1.83. The quantitative estimate of drug-likeness (QED) is 0.730. The number of rotatable bonds is 3. The predicted molar refractivity (Wildman–Crippen MR) is 77.8 cm³/mol. The zero-order valence-electron chi connectivity index (χ0n) is 10.3.